The summed E-state index contributed by atoms with van der Waals surface area (Å²) in [5, 5.41) is 15.3. The number of hydrogen-bond acceptors (Lipinski definition) is 6. The molecule has 0 spiro atoms. The van der Waals surface area contributed by atoms with E-state index in [1.54, 1.807) is 44.4 Å². The lowest BCUT2D eigenvalue weighted by atomic mass is 9.98. The predicted molar refractivity (Wildman–Crippen MR) is 126 cm³/mol. The monoisotopic (exact) mass is 464 g/mol. The number of hydrogen-bond donors (Lipinski definition) is 3. The zero-order valence-corrected chi connectivity index (χ0v) is 18.7. The van der Waals surface area contributed by atoms with E-state index < -0.39 is 29.1 Å². The highest BCUT2D eigenvalue weighted by Gasteiger charge is 2.22. The van der Waals surface area contributed by atoms with Crippen LogP contribution in [0, 0.1) is 25.5 Å². The number of nitrogens with zero attached hydrogens (tertiary/aromatic N) is 2. The summed E-state index contributed by atoms with van der Waals surface area (Å²) in [5.41, 5.74) is 8.03. The van der Waals surface area contributed by atoms with Gasteiger partial charge in [-0.25, -0.2) is 8.78 Å². The van der Waals surface area contributed by atoms with Crippen LogP contribution in [0.1, 0.15) is 35.2 Å². The summed E-state index contributed by atoms with van der Waals surface area (Å²) in [5.74, 6) is -2.57. The van der Waals surface area contributed by atoms with E-state index in [9.17, 15) is 13.6 Å². The molecule has 0 aliphatic carbocycles. The van der Waals surface area contributed by atoms with Gasteiger partial charge < -0.3 is 20.7 Å². The number of nitrogens with one attached hydrogen (secondary N) is 1. The van der Waals surface area contributed by atoms with Gasteiger partial charge in [0.2, 0.25) is 0 Å². The van der Waals surface area contributed by atoms with Crippen LogP contribution in [0.25, 0.3) is 22.3 Å². The number of nitrogens with two attached hydrogens (primary N) is 1. The van der Waals surface area contributed by atoms with Gasteiger partial charge in [-0.05, 0) is 56.7 Å². The number of pyridine rings is 1. The van der Waals surface area contributed by atoms with E-state index in [0.29, 0.717) is 33.4 Å². The zero-order chi connectivity index (χ0) is 24.6. The standard InChI is InChI=1S/C25H22F2N4O3/c1-12-9-16(14(3)30-19-7-6-18(26)21(27)20(19)25(28)31-33)24-17(10-12)22(32)13(2)23(34-24)15-5-4-8-29-11-15/h4-11,14,30,33H,1-3H3,(H2,28,31). The molecule has 0 aliphatic rings. The average Bonchev–Trinajstić information content (AvgIpc) is 2.83. The van der Waals surface area contributed by atoms with Crippen molar-refractivity contribution in [3.8, 4) is 11.3 Å². The van der Waals surface area contributed by atoms with Crippen LogP contribution in [0.5, 0.6) is 0 Å². The topological polar surface area (TPSA) is 114 Å². The molecule has 0 saturated heterocycles. The van der Waals surface area contributed by atoms with Gasteiger partial charge in [-0.2, -0.15) is 0 Å². The van der Waals surface area contributed by atoms with Crippen molar-refractivity contribution in [3.63, 3.8) is 0 Å². The van der Waals surface area contributed by atoms with Gasteiger partial charge >= 0.3 is 0 Å². The minimum absolute atomic E-state index is 0.110. The number of fused-ring (bicyclic) bond motifs is 1. The van der Waals surface area contributed by atoms with E-state index in [1.165, 1.54) is 6.07 Å². The summed E-state index contributed by atoms with van der Waals surface area (Å²) in [7, 11) is 0. The minimum atomic E-state index is -1.25. The highest BCUT2D eigenvalue weighted by Crippen LogP contribution is 2.33. The quantitative estimate of drug-likeness (QED) is 0.165. The molecule has 174 valence electrons. The highest BCUT2D eigenvalue weighted by molar-refractivity contribution is 6.02. The molecule has 2 aromatic heterocycles. The van der Waals surface area contributed by atoms with Gasteiger partial charge in [-0.15, -0.1) is 0 Å². The molecule has 1 atom stereocenters. The Morgan fingerprint density at radius 3 is 2.68 bits per heavy atom. The Labute approximate surface area is 193 Å². The van der Waals surface area contributed by atoms with Crippen molar-refractivity contribution < 1.29 is 18.4 Å². The maximum Gasteiger partial charge on any atom is 0.196 e. The third-order valence-corrected chi connectivity index (χ3v) is 5.61. The minimum Gasteiger partial charge on any atom is -0.455 e. The average molecular weight is 464 g/mol. The molecule has 0 amide bonds. The van der Waals surface area contributed by atoms with E-state index >= 15 is 0 Å². The molecule has 2 heterocycles. The van der Waals surface area contributed by atoms with Crippen molar-refractivity contribution in [2.24, 2.45) is 10.9 Å². The first-order valence-electron chi connectivity index (χ1n) is 10.4. The summed E-state index contributed by atoms with van der Waals surface area (Å²) < 4.78 is 34.5. The second kappa shape index (κ2) is 8.93. The molecule has 0 radical (unpaired) electrons. The number of rotatable bonds is 5. The SMILES string of the molecule is Cc1cc(C(C)Nc2ccc(F)c(F)c2C(N)=NO)c2oc(-c3cccnc3)c(C)c(=O)c2c1. The van der Waals surface area contributed by atoms with Crippen molar-refractivity contribution >= 4 is 22.5 Å². The molecule has 0 bridgehead atoms. The van der Waals surface area contributed by atoms with Gasteiger partial charge in [0.05, 0.1) is 17.0 Å². The maximum atomic E-state index is 14.5. The molecular formula is C25H22F2N4O3. The first-order chi connectivity index (χ1) is 16.2. The zero-order valence-electron chi connectivity index (χ0n) is 18.7. The van der Waals surface area contributed by atoms with Crippen LogP contribution in [0.3, 0.4) is 0 Å². The number of aryl methyl sites for hydroxylation is 1. The molecule has 4 aromatic rings. The molecule has 34 heavy (non-hydrogen) atoms. The van der Waals surface area contributed by atoms with Crippen molar-refractivity contribution in [3.05, 3.63) is 92.9 Å². The molecule has 4 rings (SSSR count). The lowest BCUT2D eigenvalue weighted by Crippen LogP contribution is -2.20. The number of aromatic nitrogens is 1. The van der Waals surface area contributed by atoms with E-state index in [2.05, 4.69) is 15.5 Å². The van der Waals surface area contributed by atoms with Gasteiger partial charge in [-0.3, -0.25) is 9.78 Å². The normalized spacial score (nSPS) is 12.7. The fraction of sp³-hybridized carbons (Fsp3) is 0.160. The van der Waals surface area contributed by atoms with E-state index in [0.717, 1.165) is 11.6 Å². The Morgan fingerprint density at radius 2 is 2.00 bits per heavy atom. The molecule has 0 saturated carbocycles. The van der Waals surface area contributed by atoms with Crippen LogP contribution < -0.4 is 16.5 Å². The Bertz CT molecular complexity index is 1480. The van der Waals surface area contributed by atoms with Crippen molar-refractivity contribution in [2.75, 3.05) is 5.32 Å². The lowest BCUT2D eigenvalue weighted by Gasteiger charge is -2.20. The summed E-state index contributed by atoms with van der Waals surface area (Å²) in [6.07, 6.45) is 3.23. The van der Waals surface area contributed by atoms with Crippen LogP contribution in [0.2, 0.25) is 0 Å². The third kappa shape index (κ3) is 3.96. The fourth-order valence-electron chi connectivity index (χ4n) is 3.94. The molecule has 9 heteroatoms. The van der Waals surface area contributed by atoms with Gasteiger partial charge in [0.25, 0.3) is 0 Å². The summed E-state index contributed by atoms with van der Waals surface area (Å²) in [6, 6.07) is 8.83. The summed E-state index contributed by atoms with van der Waals surface area (Å²) in [4.78, 5) is 17.3. The molecule has 0 aliphatic heterocycles. The molecule has 1 unspecified atom stereocenters. The van der Waals surface area contributed by atoms with E-state index in [4.69, 9.17) is 15.4 Å². The van der Waals surface area contributed by atoms with Crippen LogP contribution in [0.15, 0.2) is 63.2 Å². The van der Waals surface area contributed by atoms with Crippen LogP contribution in [-0.2, 0) is 0 Å². The smallest absolute Gasteiger partial charge is 0.196 e. The molecule has 4 N–H and O–H groups in total. The van der Waals surface area contributed by atoms with Crippen molar-refractivity contribution in [1.82, 2.24) is 4.98 Å². The Morgan fingerprint density at radius 1 is 1.24 bits per heavy atom. The van der Waals surface area contributed by atoms with Gasteiger partial charge in [-0.1, -0.05) is 11.2 Å². The maximum absolute atomic E-state index is 14.5. The second-order valence-electron chi connectivity index (χ2n) is 7.99. The number of benzene rings is 2. The first kappa shape index (κ1) is 22.9. The lowest BCUT2D eigenvalue weighted by molar-refractivity contribution is 0.318. The van der Waals surface area contributed by atoms with Gasteiger partial charge in [0.1, 0.15) is 11.3 Å². The predicted octanol–water partition coefficient (Wildman–Crippen LogP) is 5.02. The van der Waals surface area contributed by atoms with E-state index in [1.807, 2.05) is 13.0 Å². The van der Waals surface area contributed by atoms with Crippen molar-refractivity contribution in [1.29, 1.82) is 0 Å². The Kier molecular flexibility index (Phi) is 6.02. The van der Waals surface area contributed by atoms with E-state index in [-0.39, 0.29) is 11.1 Å². The van der Waals surface area contributed by atoms with Gasteiger partial charge in [0.15, 0.2) is 22.9 Å². The third-order valence-electron chi connectivity index (χ3n) is 5.61. The van der Waals surface area contributed by atoms with Crippen LogP contribution in [0.4, 0.5) is 14.5 Å². The number of oxime groups is 1. The van der Waals surface area contributed by atoms with Gasteiger partial charge in [0, 0.05) is 34.8 Å². The number of anilines is 1. The molecular weight excluding hydrogens is 442 g/mol. The number of amidine groups is 1. The Hall–Kier alpha value is -4.27. The van der Waals surface area contributed by atoms with Crippen LogP contribution in [-0.4, -0.2) is 16.0 Å². The molecule has 0 fully saturated rings. The molecule has 2 aromatic carbocycles. The second-order valence-corrected chi connectivity index (χ2v) is 7.99. The summed E-state index contributed by atoms with van der Waals surface area (Å²) in [6.45, 7) is 5.32. The highest BCUT2D eigenvalue weighted by atomic mass is 19.2. The Balaban J connectivity index is 1.90. The first-order valence-corrected chi connectivity index (χ1v) is 10.4. The molecule has 7 nitrogen and oxygen atoms in total. The largest absolute Gasteiger partial charge is 0.455 e. The van der Waals surface area contributed by atoms with Crippen LogP contribution >= 0.6 is 0 Å². The fourth-order valence-corrected chi connectivity index (χ4v) is 3.94. The van der Waals surface area contributed by atoms with Crippen molar-refractivity contribution in [2.45, 2.75) is 26.8 Å². The summed E-state index contributed by atoms with van der Waals surface area (Å²) >= 11 is 0. The number of halogens is 2.